The van der Waals surface area contributed by atoms with E-state index in [0.29, 0.717) is 5.75 Å². The van der Waals surface area contributed by atoms with E-state index in [1.165, 1.54) is 0 Å². The van der Waals surface area contributed by atoms with Crippen LogP contribution in [0.5, 0.6) is 5.75 Å². The van der Waals surface area contributed by atoms with Crippen LogP contribution in [-0.2, 0) is 0 Å². The van der Waals surface area contributed by atoms with Crippen LogP contribution in [0.1, 0.15) is 44.7 Å². The molecular formula is C15H21BrF3NO. The van der Waals surface area contributed by atoms with Gasteiger partial charge in [0.25, 0.3) is 0 Å². The number of hydrogen-bond acceptors (Lipinski definition) is 2. The lowest BCUT2D eigenvalue weighted by molar-refractivity contribution is -0.136. The largest absolute Gasteiger partial charge is 0.493 e. The average Bonchev–Trinajstić information content (AvgIpc) is 2.40. The van der Waals surface area contributed by atoms with Crippen molar-refractivity contribution in [2.24, 2.45) is 0 Å². The van der Waals surface area contributed by atoms with Crippen molar-refractivity contribution >= 4 is 15.9 Å². The third kappa shape index (κ3) is 7.18. The summed E-state index contributed by atoms with van der Waals surface area (Å²) < 4.78 is 42.7. The lowest BCUT2D eigenvalue weighted by Gasteiger charge is -2.18. The standard InChI is InChI=1S/C15H21BrF3NO/c1-3-8-20-11(2)13-6-5-12(16)10-14(13)21-9-4-7-15(17,18)19/h5-6,10-11,20H,3-4,7-9H2,1-2H3. The highest BCUT2D eigenvalue weighted by molar-refractivity contribution is 9.10. The van der Waals surface area contributed by atoms with Gasteiger partial charge in [0.2, 0.25) is 0 Å². The fourth-order valence-corrected chi connectivity index (χ4v) is 2.26. The molecule has 0 spiro atoms. The molecule has 1 unspecified atom stereocenters. The predicted octanol–water partition coefficient (Wildman–Crippen LogP) is 5.23. The fourth-order valence-electron chi connectivity index (χ4n) is 1.92. The average molecular weight is 368 g/mol. The summed E-state index contributed by atoms with van der Waals surface area (Å²) in [4.78, 5) is 0. The molecule has 0 bridgehead atoms. The van der Waals surface area contributed by atoms with Gasteiger partial charge >= 0.3 is 6.18 Å². The van der Waals surface area contributed by atoms with Crippen molar-refractivity contribution < 1.29 is 17.9 Å². The van der Waals surface area contributed by atoms with Gasteiger partial charge in [-0.15, -0.1) is 0 Å². The van der Waals surface area contributed by atoms with E-state index in [4.69, 9.17) is 4.74 Å². The minimum atomic E-state index is -4.13. The second-order valence-corrected chi connectivity index (χ2v) is 5.84. The molecule has 21 heavy (non-hydrogen) atoms. The Hall–Kier alpha value is -0.750. The summed E-state index contributed by atoms with van der Waals surface area (Å²) in [5.74, 6) is 0.627. The molecule has 0 aliphatic rings. The molecule has 6 heteroatoms. The summed E-state index contributed by atoms with van der Waals surface area (Å²) in [5, 5.41) is 3.35. The molecule has 2 nitrogen and oxygen atoms in total. The molecule has 120 valence electrons. The Morgan fingerprint density at radius 3 is 2.67 bits per heavy atom. The van der Waals surface area contributed by atoms with E-state index in [0.717, 1.165) is 23.0 Å². The number of halogens is 4. The summed E-state index contributed by atoms with van der Waals surface area (Å²) in [7, 11) is 0. The number of rotatable bonds is 8. The van der Waals surface area contributed by atoms with Gasteiger partial charge in [0, 0.05) is 22.5 Å². The summed E-state index contributed by atoms with van der Waals surface area (Å²) >= 11 is 3.36. The van der Waals surface area contributed by atoms with E-state index in [-0.39, 0.29) is 19.1 Å². The van der Waals surface area contributed by atoms with Gasteiger partial charge in [0.05, 0.1) is 6.61 Å². The molecule has 1 aromatic carbocycles. The topological polar surface area (TPSA) is 21.3 Å². The van der Waals surface area contributed by atoms with Gasteiger partial charge in [0.1, 0.15) is 5.75 Å². The van der Waals surface area contributed by atoms with Crippen LogP contribution in [0, 0.1) is 0 Å². The molecule has 1 aromatic rings. The van der Waals surface area contributed by atoms with Gasteiger partial charge in [-0.25, -0.2) is 0 Å². The minimum Gasteiger partial charge on any atom is -0.493 e. The summed E-state index contributed by atoms with van der Waals surface area (Å²) in [6.07, 6.45) is -3.96. The van der Waals surface area contributed by atoms with Crippen LogP contribution >= 0.6 is 15.9 Å². The first-order chi connectivity index (χ1) is 9.83. The van der Waals surface area contributed by atoms with Gasteiger partial charge in [0.15, 0.2) is 0 Å². The van der Waals surface area contributed by atoms with Crippen LogP contribution in [0.25, 0.3) is 0 Å². The first-order valence-corrected chi connectivity index (χ1v) is 7.85. The molecule has 1 rings (SSSR count). The molecule has 0 saturated carbocycles. The van der Waals surface area contributed by atoms with Crippen LogP contribution in [-0.4, -0.2) is 19.3 Å². The van der Waals surface area contributed by atoms with Gasteiger partial charge in [-0.2, -0.15) is 13.2 Å². The number of alkyl halides is 3. The highest BCUT2D eigenvalue weighted by Gasteiger charge is 2.26. The zero-order valence-corrected chi connectivity index (χ0v) is 13.9. The lowest BCUT2D eigenvalue weighted by Crippen LogP contribution is -2.20. The summed E-state index contributed by atoms with van der Waals surface area (Å²) in [6, 6.07) is 5.72. The summed E-state index contributed by atoms with van der Waals surface area (Å²) in [5.41, 5.74) is 0.957. The first-order valence-electron chi connectivity index (χ1n) is 7.06. The second kappa shape index (κ2) is 8.63. The second-order valence-electron chi connectivity index (χ2n) is 4.93. The predicted molar refractivity (Wildman–Crippen MR) is 81.6 cm³/mol. The van der Waals surface area contributed by atoms with Crippen molar-refractivity contribution in [3.8, 4) is 5.75 Å². The molecule has 0 saturated heterocycles. The minimum absolute atomic E-state index is 0.0355. The monoisotopic (exact) mass is 367 g/mol. The maximum Gasteiger partial charge on any atom is 0.389 e. The third-order valence-electron chi connectivity index (χ3n) is 3.00. The van der Waals surface area contributed by atoms with E-state index in [1.807, 2.05) is 19.1 Å². The van der Waals surface area contributed by atoms with Crippen molar-refractivity contribution in [1.29, 1.82) is 0 Å². The third-order valence-corrected chi connectivity index (χ3v) is 3.50. The Kier molecular flexibility index (Phi) is 7.52. The molecule has 0 radical (unpaired) electrons. The van der Waals surface area contributed by atoms with Crippen LogP contribution in [0.2, 0.25) is 0 Å². The van der Waals surface area contributed by atoms with Crippen molar-refractivity contribution in [1.82, 2.24) is 5.32 Å². The maximum absolute atomic E-state index is 12.1. The van der Waals surface area contributed by atoms with Gasteiger partial charge in [-0.05, 0) is 38.4 Å². The van der Waals surface area contributed by atoms with Crippen LogP contribution < -0.4 is 10.1 Å². The zero-order chi connectivity index (χ0) is 15.9. The number of ether oxygens (including phenoxy) is 1. The van der Waals surface area contributed by atoms with E-state index in [1.54, 1.807) is 6.07 Å². The normalized spacial score (nSPS) is 13.2. The Labute approximate surface area is 132 Å². The number of hydrogen-bond donors (Lipinski definition) is 1. The zero-order valence-electron chi connectivity index (χ0n) is 12.3. The molecule has 0 amide bonds. The Bertz CT molecular complexity index is 437. The molecule has 1 N–H and O–H groups in total. The van der Waals surface area contributed by atoms with E-state index >= 15 is 0 Å². The smallest absolute Gasteiger partial charge is 0.389 e. The number of benzene rings is 1. The molecule has 0 aliphatic heterocycles. The van der Waals surface area contributed by atoms with Gasteiger partial charge in [-0.1, -0.05) is 28.9 Å². The van der Waals surface area contributed by atoms with E-state index in [2.05, 4.69) is 28.2 Å². The molecular weight excluding hydrogens is 347 g/mol. The highest BCUT2D eigenvalue weighted by Crippen LogP contribution is 2.29. The van der Waals surface area contributed by atoms with Crippen molar-refractivity contribution in [2.45, 2.75) is 45.3 Å². The lowest BCUT2D eigenvalue weighted by atomic mass is 10.1. The number of nitrogens with one attached hydrogen (secondary N) is 1. The van der Waals surface area contributed by atoms with E-state index in [9.17, 15) is 13.2 Å². The quantitative estimate of drug-likeness (QED) is 0.635. The molecule has 1 atom stereocenters. The highest BCUT2D eigenvalue weighted by atomic mass is 79.9. The van der Waals surface area contributed by atoms with Crippen molar-refractivity contribution in [3.05, 3.63) is 28.2 Å². The molecule has 0 heterocycles. The van der Waals surface area contributed by atoms with Crippen LogP contribution in [0.4, 0.5) is 13.2 Å². The fraction of sp³-hybridized carbons (Fsp3) is 0.600. The van der Waals surface area contributed by atoms with Gasteiger partial charge in [-0.3, -0.25) is 0 Å². The van der Waals surface area contributed by atoms with Crippen molar-refractivity contribution in [2.75, 3.05) is 13.2 Å². The molecule has 0 aromatic heterocycles. The summed E-state index contributed by atoms with van der Waals surface area (Å²) in [6.45, 7) is 5.03. The van der Waals surface area contributed by atoms with Gasteiger partial charge < -0.3 is 10.1 Å². The van der Waals surface area contributed by atoms with Crippen LogP contribution in [0.3, 0.4) is 0 Å². The van der Waals surface area contributed by atoms with Crippen molar-refractivity contribution in [3.63, 3.8) is 0 Å². The molecule has 0 fully saturated rings. The Morgan fingerprint density at radius 1 is 1.33 bits per heavy atom. The van der Waals surface area contributed by atoms with Crippen LogP contribution in [0.15, 0.2) is 22.7 Å². The molecule has 0 aliphatic carbocycles. The first kappa shape index (κ1) is 18.3. The maximum atomic E-state index is 12.1. The Balaban J connectivity index is 2.64. The SMILES string of the molecule is CCCNC(C)c1ccc(Br)cc1OCCCC(F)(F)F. The Morgan fingerprint density at radius 2 is 2.05 bits per heavy atom. The van der Waals surface area contributed by atoms with E-state index < -0.39 is 12.6 Å².